The Kier molecular flexibility index (Phi) is 1.74. The van der Waals surface area contributed by atoms with Crippen molar-refractivity contribution < 1.29 is 4.39 Å². The summed E-state index contributed by atoms with van der Waals surface area (Å²) in [7, 11) is 0. The summed E-state index contributed by atoms with van der Waals surface area (Å²) in [4.78, 5) is 3.94. The molecule has 3 nitrogen and oxygen atoms in total. The van der Waals surface area contributed by atoms with E-state index in [2.05, 4.69) is 15.5 Å². The molecular weight excluding hydrogens is 157 g/mol. The third-order valence-electron chi connectivity index (χ3n) is 1.78. The van der Waals surface area contributed by atoms with Crippen LogP contribution in [-0.4, -0.2) is 11.2 Å². The van der Waals surface area contributed by atoms with Crippen molar-refractivity contribution in [3.05, 3.63) is 29.8 Å². The van der Waals surface area contributed by atoms with E-state index in [1.165, 1.54) is 6.07 Å². The molecule has 1 atom stereocenters. The zero-order valence-corrected chi connectivity index (χ0v) is 6.37. The van der Waals surface area contributed by atoms with Gasteiger partial charge in [-0.3, -0.25) is 4.98 Å². The van der Waals surface area contributed by atoms with Crippen LogP contribution < -0.4 is 5.43 Å². The van der Waals surface area contributed by atoms with Crippen molar-refractivity contribution in [3.63, 3.8) is 0 Å². The Bertz CT molecular complexity index is 303. The van der Waals surface area contributed by atoms with Gasteiger partial charge < -0.3 is 5.43 Å². The summed E-state index contributed by atoms with van der Waals surface area (Å²) in [6.45, 7) is 0. The van der Waals surface area contributed by atoms with Crippen LogP contribution in [0.15, 0.2) is 23.4 Å². The molecule has 0 fully saturated rings. The van der Waals surface area contributed by atoms with E-state index in [1.54, 1.807) is 18.5 Å². The van der Waals surface area contributed by atoms with E-state index in [9.17, 15) is 4.39 Å². The predicted octanol–water partition coefficient (Wildman–Crippen LogP) is 1.24. The Hall–Kier alpha value is -1.45. The molecule has 0 radical (unpaired) electrons. The van der Waals surface area contributed by atoms with Crippen molar-refractivity contribution in [1.82, 2.24) is 10.4 Å². The predicted molar refractivity (Wildman–Crippen MR) is 43.2 cm³/mol. The second kappa shape index (κ2) is 2.89. The average molecular weight is 165 g/mol. The first-order chi connectivity index (χ1) is 5.88. The average Bonchev–Trinajstić information content (AvgIpc) is 2.57. The Morgan fingerprint density at radius 1 is 1.58 bits per heavy atom. The van der Waals surface area contributed by atoms with Crippen molar-refractivity contribution in [2.45, 2.75) is 12.5 Å². The standard InChI is InChI=1S/C8H8FN3/c9-6-2-1-4-10-8(6)7-3-5-11-12-7/h1-2,4-5,7,12H,3H2. The van der Waals surface area contributed by atoms with Gasteiger partial charge in [-0.25, -0.2) is 4.39 Å². The van der Waals surface area contributed by atoms with E-state index in [0.29, 0.717) is 12.1 Å². The lowest BCUT2D eigenvalue weighted by Crippen LogP contribution is -2.13. The van der Waals surface area contributed by atoms with Crippen molar-refractivity contribution in [2.75, 3.05) is 0 Å². The van der Waals surface area contributed by atoms with Crippen molar-refractivity contribution in [3.8, 4) is 0 Å². The number of hydrazone groups is 1. The third kappa shape index (κ3) is 1.15. The molecule has 0 saturated carbocycles. The van der Waals surface area contributed by atoms with Crippen LogP contribution >= 0.6 is 0 Å². The maximum atomic E-state index is 13.1. The number of hydrogen-bond acceptors (Lipinski definition) is 3. The summed E-state index contributed by atoms with van der Waals surface area (Å²) >= 11 is 0. The molecule has 62 valence electrons. The van der Waals surface area contributed by atoms with Crippen molar-refractivity contribution in [2.24, 2.45) is 5.10 Å². The van der Waals surface area contributed by atoms with E-state index >= 15 is 0 Å². The number of halogens is 1. The van der Waals surface area contributed by atoms with Crippen LogP contribution in [-0.2, 0) is 0 Å². The summed E-state index contributed by atoms with van der Waals surface area (Å²) in [6, 6.07) is 2.89. The number of pyridine rings is 1. The molecule has 1 unspecified atom stereocenters. The lowest BCUT2D eigenvalue weighted by atomic mass is 10.1. The first kappa shape index (κ1) is 7.21. The van der Waals surface area contributed by atoms with Gasteiger partial charge in [0, 0.05) is 18.8 Å². The molecular formula is C8H8FN3. The fourth-order valence-electron chi connectivity index (χ4n) is 1.18. The highest BCUT2D eigenvalue weighted by atomic mass is 19.1. The molecule has 12 heavy (non-hydrogen) atoms. The summed E-state index contributed by atoms with van der Waals surface area (Å²) in [6.07, 6.45) is 4.01. The van der Waals surface area contributed by atoms with Gasteiger partial charge in [0.1, 0.15) is 11.5 Å². The van der Waals surface area contributed by atoms with Gasteiger partial charge in [0.2, 0.25) is 0 Å². The highest BCUT2D eigenvalue weighted by Gasteiger charge is 2.17. The second-order valence-corrected chi connectivity index (χ2v) is 2.60. The Morgan fingerprint density at radius 3 is 3.17 bits per heavy atom. The molecule has 1 aromatic heterocycles. The van der Waals surface area contributed by atoms with Gasteiger partial charge in [-0.05, 0) is 12.1 Å². The number of nitrogens with zero attached hydrogens (tertiary/aromatic N) is 2. The van der Waals surface area contributed by atoms with Gasteiger partial charge in [-0.15, -0.1) is 0 Å². The van der Waals surface area contributed by atoms with Gasteiger partial charge in [-0.1, -0.05) is 0 Å². The van der Waals surface area contributed by atoms with Gasteiger partial charge in [0.25, 0.3) is 0 Å². The van der Waals surface area contributed by atoms with Gasteiger partial charge in [-0.2, -0.15) is 5.10 Å². The highest BCUT2D eigenvalue weighted by molar-refractivity contribution is 5.60. The lowest BCUT2D eigenvalue weighted by Gasteiger charge is -2.08. The molecule has 0 saturated heterocycles. The normalized spacial score (nSPS) is 20.9. The molecule has 0 bridgehead atoms. The molecule has 1 aliphatic heterocycles. The number of aromatic nitrogens is 1. The van der Waals surface area contributed by atoms with Crippen LogP contribution in [0.25, 0.3) is 0 Å². The van der Waals surface area contributed by atoms with Crippen LogP contribution in [0, 0.1) is 5.82 Å². The van der Waals surface area contributed by atoms with Crippen molar-refractivity contribution in [1.29, 1.82) is 0 Å². The molecule has 0 amide bonds. The summed E-state index contributed by atoms with van der Waals surface area (Å²) in [5, 5.41) is 3.80. The maximum Gasteiger partial charge on any atom is 0.146 e. The molecule has 1 aromatic rings. The fourth-order valence-corrected chi connectivity index (χ4v) is 1.18. The maximum absolute atomic E-state index is 13.1. The van der Waals surface area contributed by atoms with Crippen molar-refractivity contribution >= 4 is 6.21 Å². The van der Waals surface area contributed by atoms with Crippen LogP contribution in [0.2, 0.25) is 0 Å². The highest BCUT2D eigenvalue weighted by Crippen LogP contribution is 2.18. The summed E-state index contributed by atoms with van der Waals surface area (Å²) < 4.78 is 13.1. The van der Waals surface area contributed by atoms with E-state index in [-0.39, 0.29) is 11.9 Å². The van der Waals surface area contributed by atoms with E-state index in [4.69, 9.17) is 0 Å². The minimum atomic E-state index is -0.277. The SMILES string of the molecule is Fc1cccnc1C1CC=NN1. The quantitative estimate of drug-likeness (QED) is 0.679. The number of nitrogens with one attached hydrogen (secondary N) is 1. The van der Waals surface area contributed by atoms with E-state index in [1.807, 2.05) is 0 Å². The number of hydrogen-bond donors (Lipinski definition) is 1. The minimum absolute atomic E-state index is 0.0915. The molecule has 1 aliphatic rings. The smallest absolute Gasteiger partial charge is 0.146 e. The largest absolute Gasteiger partial charge is 0.301 e. The third-order valence-corrected chi connectivity index (χ3v) is 1.78. The monoisotopic (exact) mass is 165 g/mol. The Morgan fingerprint density at radius 2 is 2.50 bits per heavy atom. The van der Waals surface area contributed by atoms with Gasteiger partial charge >= 0.3 is 0 Å². The van der Waals surface area contributed by atoms with Crippen LogP contribution in [0.4, 0.5) is 4.39 Å². The Labute approximate surface area is 69.3 Å². The molecule has 0 spiro atoms. The molecule has 0 aliphatic carbocycles. The van der Waals surface area contributed by atoms with E-state index < -0.39 is 0 Å². The minimum Gasteiger partial charge on any atom is -0.301 e. The van der Waals surface area contributed by atoms with Crippen LogP contribution in [0.5, 0.6) is 0 Å². The number of rotatable bonds is 1. The first-order valence-corrected chi connectivity index (χ1v) is 3.75. The van der Waals surface area contributed by atoms with Crippen LogP contribution in [0.3, 0.4) is 0 Å². The van der Waals surface area contributed by atoms with Gasteiger partial charge in [0.15, 0.2) is 0 Å². The summed E-state index contributed by atoms with van der Waals surface area (Å²) in [5.41, 5.74) is 3.22. The molecule has 4 heteroatoms. The summed E-state index contributed by atoms with van der Waals surface area (Å²) in [5.74, 6) is -0.277. The topological polar surface area (TPSA) is 37.3 Å². The lowest BCUT2D eigenvalue weighted by molar-refractivity contribution is 0.532. The molecule has 0 aromatic carbocycles. The first-order valence-electron chi connectivity index (χ1n) is 3.75. The molecule has 1 N–H and O–H groups in total. The fraction of sp³-hybridized carbons (Fsp3) is 0.250. The van der Waals surface area contributed by atoms with Crippen LogP contribution in [0.1, 0.15) is 18.2 Å². The second-order valence-electron chi connectivity index (χ2n) is 2.60. The Balaban J connectivity index is 2.27. The zero-order chi connectivity index (χ0) is 8.39. The zero-order valence-electron chi connectivity index (χ0n) is 6.37. The van der Waals surface area contributed by atoms with Gasteiger partial charge in [0.05, 0.1) is 6.04 Å². The van der Waals surface area contributed by atoms with E-state index in [0.717, 1.165) is 0 Å². The molecule has 2 rings (SSSR count). The molecule has 2 heterocycles.